The van der Waals surface area contributed by atoms with Gasteiger partial charge in [0.05, 0.1) is 6.54 Å². The van der Waals surface area contributed by atoms with Crippen LogP contribution in [0, 0.1) is 0 Å². The Balaban J connectivity index is 1.72. The molecule has 124 valence electrons. The van der Waals surface area contributed by atoms with Crippen LogP contribution >= 0.6 is 0 Å². The van der Waals surface area contributed by atoms with Crippen LogP contribution in [0.3, 0.4) is 0 Å². The number of aromatic nitrogens is 2. The van der Waals surface area contributed by atoms with Crippen molar-refractivity contribution in [3.63, 3.8) is 0 Å². The van der Waals surface area contributed by atoms with E-state index < -0.39 is 5.60 Å². The van der Waals surface area contributed by atoms with Crippen molar-refractivity contribution in [1.82, 2.24) is 14.3 Å². The van der Waals surface area contributed by atoms with E-state index in [1.807, 2.05) is 28.8 Å². The molecule has 2 aromatic heterocycles. The van der Waals surface area contributed by atoms with Crippen LogP contribution in [0.5, 0.6) is 0 Å². The number of nitrogens with two attached hydrogens (primary N) is 1. The van der Waals surface area contributed by atoms with Crippen LogP contribution in [0.1, 0.15) is 12.8 Å². The van der Waals surface area contributed by atoms with Crippen molar-refractivity contribution >= 4 is 17.4 Å². The molecular weight excluding hydrogens is 294 g/mol. The molecule has 23 heavy (non-hydrogen) atoms. The molecule has 3 heterocycles. The zero-order valence-corrected chi connectivity index (χ0v) is 13.4. The Labute approximate surface area is 135 Å². The molecule has 1 fully saturated rings. The van der Waals surface area contributed by atoms with Crippen molar-refractivity contribution in [3.05, 3.63) is 30.6 Å². The molecule has 0 unspecified atom stereocenters. The topological polar surface area (TPSA) is 87.1 Å². The fourth-order valence-electron chi connectivity index (χ4n) is 3.22. The number of nitrogens with zero attached hydrogens (tertiary/aromatic N) is 4. The molecule has 0 aromatic carbocycles. The number of fused-ring (bicyclic) bond motifs is 1. The minimum absolute atomic E-state index is 0.0314. The maximum Gasteiger partial charge on any atom is 0.223 e. The van der Waals surface area contributed by atoms with E-state index in [2.05, 4.69) is 9.88 Å². The van der Waals surface area contributed by atoms with Gasteiger partial charge in [-0.1, -0.05) is 6.07 Å². The zero-order chi connectivity index (χ0) is 16.4. The summed E-state index contributed by atoms with van der Waals surface area (Å²) >= 11 is 0. The molecule has 1 saturated heterocycles. The number of amides is 1. The highest BCUT2D eigenvalue weighted by Gasteiger charge is 2.38. The van der Waals surface area contributed by atoms with E-state index in [1.54, 1.807) is 18.1 Å². The molecule has 0 aliphatic carbocycles. The lowest BCUT2D eigenvalue weighted by molar-refractivity contribution is -0.132. The van der Waals surface area contributed by atoms with E-state index in [-0.39, 0.29) is 5.91 Å². The van der Waals surface area contributed by atoms with Crippen LogP contribution in [-0.2, 0) is 4.79 Å². The van der Waals surface area contributed by atoms with Crippen molar-refractivity contribution in [1.29, 1.82) is 0 Å². The van der Waals surface area contributed by atoms with Gasteiger partial charge < -0.3 is 20.6 Å². The van der Waals surface area contributed by atoms with Gasteiger partial charge in [-0.05, 0) is 18.6 Å². The third-order valence-electron chi connectivity index (χ3n) is 4.38. The zero-order valence-electron chi connectivity index (χ0n) is 13.4. The van der Waals surface area contributed by atoms with E-state index in [1.165, 1.54) is 0 Å². The first kappa shape index (κ1) is 15.8. The number of likely N-dealkylation sites (N-methyl/N-ethyl adjacent to an activating group) is 1. The van der Waals surface area contributed by atoms with Crippen LogP contribution in [0.4, 0.5) is 5.82 Å². The molecule has 0 spiro atoms. The Kier molecular flexibility index (Phi) is 4.23. The number of pyridine rings is 1. The van der Waals surface area contributed by atoms with Crippen LogP contribution in [0.15, 0.2) is 30.6 Å². The van der Waals surface area contributed by atoms with Gasteiger partial charge in [0.25, 0.3) is 0 Å². The summed E-state index contributed by atoms with van der Waals surface area (Å²) in [6.45, 7) is 1.88. The van der Waals surface area contributed by atoms with Crippen molar-refractivity contribution in [2.45, 2.75) is 18.4 Å². The molecule has 7 heteroatoms. The Morgan fingerprint density at radius 3 is 3.13 bits per heavy atom. The van der Waals surface area contributed by atoms with E-state index in [0.29, 0.717) is 32.5 Å². The molecule has 7 nitrogen and oxygen atoms in total. The highest BCUT2D eigenvalue weighted by Crippen LogP contribution is 2.28. The van der Waals surface area contributed by atoms with E-state index in [0.717, 1.165) is 18.0 Å². The van der Waals surface area contributed by atoms with Crippen LogP contribution in [0.2, 0.25) is 0 Å². The number of aliphatic hydroxyl groups is 1. The molecule has 1 aliphatic heterocycles. The second-order valence-electron chi connectivity index (χ2n) is 6.22. The first-order valence-electron chi connectivity index (χ1n) is 7.86. The number of β-amino-alcohol motifs (C(OH)–C–C–N with tert-alkyl or cyclic N) is 1. The average Bonchev–Trinajstić information content (AvgIpc) is 3.13. The Morgan fingerprint density at radius 2 is 2.35 bits per heavy atom. The van der Waals surface area contributed by atoms with Crippen molar-refractivity contribution in [2.24, 2.45) is 5.73 Å². The lowest BCUT2D eigenvalue weighted by Gasteiger charge is -2.29. The predicted molar refractivity (Wildman–Crippen MR) is 88.3 cm³/mol. The molecule has 3 rings (SSSR count). The number of hydrogen-bond acceptors (Lipinski definition) is 5. The van der Waals surface area contributed by atoms with Crippen LogP contribution in [0.25, 0.3) is 5.65 Å². The van der Waals surface area contributed by atoms with Crippen molar-refractivity contribution < 1.29 is 9.90 Å². The SMILES string of the molecule is CN(C[C@@]1(O)CCN(c2cccc3nccn23)C1)C(=O)CCN. The van der Waals surface area contributed by atoms with Gasteiger partial charge in [-0.2, -0.15) is 0 Å². The third kappa shape index (κ3) is 3.16. The quantitative estimate of drug-likeness (QED) is 0.816. The van der Waals surface area contributed by atoms with Gasteiger partial charge in [-0.3, -0.25) is 9.20 Å². The number of carbonyl (C=O) groups excluding carboxylic acids is 1. The summed E-state index contributed by atoms with van der Waals surface area (Å²) in [4.78, 5) is 19.9. The molecule has 2 aromatic rings. The van der Waals surface area contributed by atoms with Gasteiger partial charge in [-0.25, -0.2) is 4.98 Å². The number of imidazole rings is 1. The predicted octanol–water partition coefficient (Wildman–Crippen LogP) is 0.0827. The Morgan fingerprint density at radius 1 is 1.52 bits per heavy atom. The normalized spacial score (nSPS) is 21.1. The van der Waals surface area contributed by atoms with Gasteiger partial charge in [0.1, 0.15) is 17.1 Å². The summed E-state index contributed by atoms with van der Waals surface area (Å²) in [5.74, 6) is 0.975. The monoisotopic (exact) mass is 317 g/mol. The molecular formula is C16H23N5O2. The fraction of sp³-hybridized carbons (Fsp3) is 0.500. The second kappa shape index (κ2) is 6.17. The lowest BCUT2D eigenvalue weighted by atomic mass is 10.0. The largest absolute Gasteiger partial charge is 0.386 e. The molecule has 0 radical (unpaired) electrons. The summed E-state index contributed by atoms with van der Waals surface area (Å²) in [6.07, 6.45) is 4.61. The van der Waals surface area contributed by atoms with Gasteiger partial charge in [0.15, 0.2) is 0 Å². The smallest absolute Gasteiger partial charge is 0.223 e. The van der Waals surface area contributed by atoms with Crippen LogP contribution < -0.4 is 10.6 Å². The number of carbonyl (C=O) groups is 1. The van der Waals surface area contributed by atoms with Crippen LogP contribution in [-0.4, -0.2) is 64.1 Å². The van der Waals surface area contributed by atoms with E-state index in [4.69, 9.17) is 5.73 Å². The Hall–Kier alpha value is -2.12. The van der Waals surface area contributed by atoms with Crippen molar-refractivity contribution in [2.75, 3.05) is 38.1 Å². The highest BCUT2D eigenvalue weighted by molar-refractivity contribution is 5.76. The first-order chi connectivity index (χ1) is 11.0. The Bertz CT molecular complexity index is 701. The maximum absolute atomic E-state index is 11.9. The molecule has 1 aliphatic rings. The molecule has 0 saturated carbocycles. The summed E-state index contributed by atoms with van der Waals surface area (Å²) in [5, 5.41) is 10.8. The lowest BCUT2D eigenvalue weighted by Crippen LogP contribution is -2.46. The molecule has 1 atom stereocenters. The summed E-state index contributed by atoms with van der Waals surface area (Å²) in [5.41, 5.74) is 5.40. The number of hydrogen-bond donors (Lipinski definition) is 2. The summed E-state index contributed by atoms with van der Waals surface area (Å²) < 4.78 is 2.01. The van der Waals surface area contributed by atoms with Gasteiger partial charge in [-0.15, -0.1) is 0 Å². The standard InChI is InChI=1S/C16H23N5O2/c1-19(15(22)5-7-17)11-16(23)6-9-20(12-16)14-4-2-3-13-18-8-10-21(13)14/h2-4,8,10,23H,5-7,9,11-12,17H2,1H3/t16-/m0/s1. The summed E-state index contributed by atoms with van der Waals surface area (Å²) in [6, 6.07) is 5.93. The number of anilines is 1. The molecule has 0 bridgehead atoms. The van der Waals surface area contributed by atoms with Gasteiger partial charge in [0.2, 0.25) is 5.91 Å². The second-order valence-corrected chi connectivity index (χ2v) is 6.22. The number of rotatable bonds is 5. The average molecular weight is 317 g/mol. The third-order valence-corrected chi connectivity index (χ3v) is 4.38. The minimum atomic E-state index is -0.901. The molecule has 1 amide bonds. The first-order valence-corrected chi connectivity index (χ1v) is 7.86. The fourth-order valence-corrected chi connectivity index (χ4v) is 3.22. The maximum atomic E-state index is 11.9. The van der Waals surface area contributed by atoms with Crippen molar-refractivity contribution in [3.8, 4) is 0 Å². The highest BCUT2D eigenvalue weighted by atomic mass is 16.3. The van der Waals surface area contributed by atoms with Gasteiger partial charge in [0, 0.05) is 45.5 Å². The summed E-state index contributed by atoms with van der Waals surface area (Å²) in [7, 11) is 1.72. The minimum Gasteiger partial charge on any atom is -0.386 e. The van der Waals surface area contributed by atoms with Gasteiger partial charge >= 0.3 is 0 Å². The van der Waals surface area contributed by atoms with E-state index in [9.17, 15) is 9.90 Å². The molecule has 3 N–H and O–H groups in total. The van der Waals surface area contributed by atoms with E-state index >= 15 is 0 Å².